The van der Waals surface area contributed by atoms with Gasteiger partial charge in [-0.2, -0.15) is 0 Å². The van der Waals surface area contributed by atoms with Gasteiger partial charge in [-0.05, 0) is 30.3 Å². The van der Waals surface area contributed by atoms with Crippen LogP contribution in [0.1, 0.15) is 10.8 Å². The SMILES string of the molecule is COc1ccccc1[C@H](CN)S(=O)(=O)c1ccc(Cl)cc1. The Balaban J connectivity index is 2.52. The molecule has 0 fully saturated rings. The van der Waals surface area contributed by atoms with Gasteiger partial charge < -0.3 is 10.5 Å². The van der Waals surface area contributed by atoms with Crippen LogP contribution in [0.5, 0.6) is 5.75 Å². The summed E-state index contributed by atoms with van der Waals surface area (Å²) in [5, 5.41) is -0.384. The summed E-state index contributed by atoms with van der Waals surface area (Å²) in [6, 6.07) is 13.0. The monoisotopic (exact) mass is 325 g/mol. The highest BCUT2D eigenvalue weighted by atomic mass is 35.5. The van der Waals surface area contributed by atoms with Gasteiger partial charge in [0.25, 0.3) is 0 Å². The second kappa shape index (κ2) is 6.47. The van der Waals surface area contributed by atoms with Gasteiger partial charge in [-0.3, -0.25) is 0 Å². The van der Waals surface area contributed by atoms with Crippen molar-refractivity contribution >= 4 is 21.4 Å². The first-order valence-electron chi connectivity index (χ1n) is 6.33. The van der Waals surface area contributed by atoms with Crippen LogP contribution in [0.15, 0.2) is 53.4 Å². The molecule has 2 N–H and O–H groups in total. The molecule has 0 amide bonds. The molecule has 1 atom stereocenters. The maximum Gasteiger partial charge on any atom is 0.186 e. The second-order valence-electron chi connectivity index (χ2n) is 4.47. The van der Waals surface area contributed by atoms with Gasteiger partial charge in [0.2, 0.25) is 0 Å². The molecule has 0 spiro atoms. The van der Waals surface area contributed by atoms with E-state index in [1.165, 1.54) is 19.2 Å². The third-order valence-electron chi connectivity index (χ3n) is 3.22. The van der Waals surface area contributed by atoms with Gasteiger partial charge in [0.15, 0.2) is 9.84 Å². The number of rotatable bonds is 5. The largest absolute Gasteiger partial charge is 0.496 e. The van der Waals surface area contributed by atoms with Crippen LogP contribution in [0.2, 0.25) is 5.02 Å². The molecule has 21 heavy (non-hydrogen) atoms. The number of nitrogens with two attached hydrogens (primary N) is 1. The van der Waals surface area contributed by atoms with Crippen LogP contribution in [0.3, 0.4) is 0 Å². The summed E-state index contributed by atoms with van der Waals surface area (Å²) >= 11 is 5.80. The lowest BCUT2D eigenvalue weighted by atomic mass is 10.1. The van der Waals surface area contributed by atoms with Crippen molar-refractivity contribution in [3.63, 3.8) is 0 Å². The van der Waals surface area contributed by atoms with Crippen LogP contribution < -0.4 is 10.5 Å². The quantitative estimate of drug-likeness (QED) is 0.917. The Kier molecular flexibility index (Phi) is 4.88. The predicted molar refractivity (Wildman–Crippen MR) is 83.4 cm³/mol. The molecule has 2 aromatic carbocycles. The highest BCUT2D eigenvalue weighted by molar-refractivity contribution is 7.91. The van der Waals surface area contributed by atoms with Crippen molar-refractivity contribution in [1.82, 2.24) is 0 Å². The maximum atomic E-state index is 12.8. The molecule has 0 radical (unpaired) electrons. The van der Waals surface area contributed by atoms with Crippen LogP contribution in [0.25, 0.3) is 0 Å². The van der Waals surface area contributed by atoms with E-state index in [9.17, 15) is 8.42 Å². The summed E-state index contributed by atoms with van der Waals surface area (Å²) in [5.41, 5.74) is 6.27. The number of methoxy groups -OCH3 is 1. The molecule has 112 valence electrons. The fourth-order valence-electron chi connectivity index (χ4n) is 2.14. The molecule has 0 bridgehead atoms. The van der Waals surface area contributed by atoms with E-state index in [0.29, 0.717) is 16.3 Å². The number of benzene rings is 2. The second-order valence-corrected chi connectivity index (χ2v) is 7.03. The number of hydrogen-bond acceptors (Lipinski definition) is 4. The minimum absolute atomic E-state index is 0.0364. The summed E-state index contributed by atoms with van der Waals surface area (Å²) in [4.78, 5) is 0.188. The minimum atomic E-state index is -3.62. The number of ether oxygens (including phenoxy) is 1. The molecule has 0 heterocycles. The first-order chi connectivity index (χ1) is 10.0. The summed E-state index contributed by atoms with van der Waals surface area (Å²) in [6.07, 6.45) is 0. The van der Waals surface area contributed by atoms with E-state index in [2.05, 4.69) is 0 Å². The highest BCUT2D eigenvalue weighted by Crippen LogP contribution is 2.34. The zero-order chi connectivity index (χ0) is 15.5. The topological polar surface area (TPSA) is 69.4 Å². The molecule has 0 aliphatic heterocycles. The lowest BCUT2D eigenvalue weighted by Crippen LogP contribution is -2.22. The van der Waals surface area contributed by atoms with E-state index in [4.69, 9.17) is 22.1 Å². The molecule has 2 aromatic rings. The first-order valence-corrected chi connectivity index (χ1v) is 8.25. The van der Waals surface area contributed by atoms with E-state index >= 15 is 0 Å². The Labute approximate surface area is 129 Å². The number of sulfone groups is 1. The summed E-state index contributed by atoms with van der Waals surface area (Å²) in [7, 11) is -2.12. The first kappa shape index (κ1) is 15.8. The zero-order valence-corrected chi connectivity index (χ0v) is 13.1. The van der Waals surface area contributed by atoms with E-state index in [0.717, 1.165) is 0 Å². The van der Waals surface area contributed by atoms with Gasteiger partial charge >= 0.3 is 0 Å². The van der Waals surface area contributed by atoms with Crippen LogP contribution in [-0.4, -0.2) is 22.1 Å². The molecule has 0 aliphatic rings. The Hall–Kier alpha value is -1.56. The molecular weight excluding hydrogens is 310 g/mol. The fourth-order valence-corrected chi connectivity index (χ4v) is 3.89. The predicted octanol–water partition coefficient (Wildman–Crippen LogP) is 2.82. The third kappa shape index (κ3) is 3.20. The molecule has 2 rings (SSSR count). The average Bonchev–Trinajstić information content (AvgIpc) is 2.48. The van der Waals surface area contributed by atoms with Crippen LogP contribution in [0.4, 0.5) is 0 Å². The number of hydrogen-bond donors (Lipinski definition) is 1. The third-order valence-corrected chi connectivity index (χ3v) is 5.59. The Morgan fingerprint density at radius 1 is 1.14 bits per heavy atom. The van der Waals surface area contributed by atoms with E-state index < -0.39 is 15.1 Å². The van der Waals surface area contributed by atoms with Gasteiger partial charge in [0, 0.05) is 17.1 Å². The molecule has 0 aromatic heterocycles. The van der Waals surface area contributed by atoms with Crippen LogP contribution in [-0.2, 0) is 9.84 Å². The van der Waals surface area contributed by atoms with Crippen LogP contribution in [0, 0.1) is 0 Å². The van der Waals surface area contributed by atoms with Gasteiger partial charge in [-0.15, -0.1) is 0 Å². The van der Waals surface area contributed by atoms with E-state index in [1.807, 2.05) is 0 Å². The number of halogens is 1. The van der Waals surface area contributed by atoms with Crippen molar-refractivity contribution in [1.29, 1.82) is 0 Å². The van der Waals surface area contributed by atoms with Gasteiger partial charge in [-0.25, -0.2) is 8.42 Å². The van der Waals surface area contributed by atoms with Gasteiger partial charge in [0.05, 0.1) is 12.0 Å². The summed E-state index contributed by atoms with van der Waals surface area (Å²) < 4.78 is 30.8. The van der Waals surface area contributed by atoms with Gasteiger partial charge in [-0.1, -0.05) is 29.8 Å². The lowest BCUT2D eigenvalue weighted by Gasteiger charge is -2.19. The molecule has 4 nitrogen and oxygen atoms in total. The molecule has 0 unspecified atom stereocenters. The van der Waals surface area contributed by atoms with Crippen molar-refractivity contribution in [2.45, 2.75) is 10.1 Å². The minimum Gasteiger partial charge on any atom is -0.496 e. The van der Waals surface area contributed by atoms with Crippen molar-refractivity contribution in [2.24, 2.45) is 5.73 Å². The number of para-hydroxylation sites is 1. The smallest absolute Gasteiger partial charge is 0.186 e. The van der Waals surface area contributed by atoms with Crippen molar-refractivity contribution in [3.8, 4) is 5.75 Å². The average molecular weight is 326 g/mol. The van der Waals surface area contributed by atoms with E-state index in [1.54, 1.807) is 36.4 Å². The standard InChI is InChI=1S/C15H16ClNO3S/c1-20-14-5-3-2-4-13(14)15(10-17)21(18,19)12-8-6-11(16)7-9-12/h2-9,15H,10,17H2,1H3/t15-/m0/s1. The Bertz CT molecular complexity index is 714. The maximum absolute atomic E-state index is 12.8. The van der Waals surface area contributed by atoms with Crippen molar-refractivity contribution < 1.29 is 13.2 Å². The normalized spacial score (nSPS) is 12.9. The molecular formula is C15H16ClNO3S. The van der Waals surface area contributed by atoms with Crippen molar-refractivity contribution in [3.05, 3.63) is 59.1 Å². The Morgan fingerprint density at radius 3 is 2.33 bits per heavy atom. The lowest BCUT2D eigenvalue weighted by molar-refractivity contribution is 0.408. The highest BCUT2D eigenvalue weighted by Gasteiger charge is 2.30. The van der Waals surface area contributed by atoms with E-state index in [-0.39, 0.29) is 11.4 Å². The zero-order valence-electron chi connectivity index (χ0n) is 11.5. The Morgan fingerprint density at radius 2 is 1.76 bits per heavy atom. The summed E-state index contributed by atoms with van der Waals surface area (Å²) in [5.74, 6) is 0.505. The molecule has 0 saturated heterocycles. The van der Waals surface area contributed by atoms with Crippen molar-refractivity contribution in [2.75, 3.05) is 13.7 Å². The molecule has 6 heteroatoms. The molecule has 0 aliphatic carbocycles. The fraction of sp³-hybridized carbons (Fsp3) is 0.200. The summed E-state index contributed by atoms with van der Waals surface area (Å²) in [6.45, 7) is -0.0364. The molecule has 0 saturated carbocycles. The van der Waals surface area contributed by atoms with Gasteiger partial charge in [0.1, 0.15) is 11.0 Å². The van der Waals surface area contributed by atoms with Crippen LogP contribution >= 0.6 is 11.6 Å².